The van der Waals surface area contributed by atoms with E-state index in [9.17, 15) is 14.4 Å². The summed E-state index contributed by atoms with van der Waals surface area (Å²) in [6, 6.07) is -0.478. The molecule has 5 aliphatic heterocycles. The quantitative estimate of drug-likeness (QED) is 0.630. The van der Waals surface area contributed by atoms with E-state index in [0.29, 0.717) is 19.5 Å². The lowest BCUT2D eigenvalue weighted by Gasteiger charge is -2.47. The van der Waals surface area contributed by atoms with Gasteiger partial charge < -0.3 is 15.5 Å². The van der Waals surface area contributed by atoms with Crippen LogP contribution in [0, 0.1) is 5.92 Å². The Hall–Kier alpha value is -1.67. The largest absolute Gasteiger partial charge is 0.350 e. The molecule has 4 atom stereocenters. The molecule has 8 heteroatoms. The van der Waals surface area contributed by atoms with Crippen molar-refractivity contribution in [2.24, 2.45) is 5.92 Å². The van der Waals surface area contributed by atoms with Crippen LogP contribution in [0.2, 0.25) is 0 Å². The van der Waals surface area contributed by atoms with Crippen LogP contribution < -0.4 is 10.6 Å². The molecule has 2 bridgehead atoms. The molecular formula is C17H27N5O3. The van der Waals surface area contributed by atoms with E-state index < -0.39 is 6.04 Å². The van der Waals surface area contributed by atoms with Gasteiger partial charge in [-0.05, 0) is 12.3 Å². The van der Waals surface area contributed by atoms with Crippen molar-refractivity contribution in [2.75, 3.05) is 45.8 Å². The molecule has 5 rings (SSSR count). The molecule has 8 nitrogen and oxygen atoms in total. The molecule has 3 unspecified atom stereocenters. The van der Waals surface area contributed by atoms with Crippen molar-refractivity contribution < 1.29 is 14.4 Å². The second-order valence-corrected chi connectivity index (χ2v) is 7.86. The molecule has 0 saturated carbocycles. The molecule has 5 fully saturated rings. The third-order valence-corrected chi connectivity index (χ3v) is 6.09. The zero-order valence-electron chi connectivity index (χ0n) is 14.7. The van der Waals surface area contributed by atoms with Gasteiger partial charge in [0.25, 0.3) is 0 Å². The summed E-state index contributed by atoms with van der Waals surface area (Å²) in [6.45, 7) is 8.09. The third kappa shape index (κ3) is 3.25. The van der Waals surface area contributed by atoms with Crippen LogP contribution in [-0.2, 0) is 14.4 Å². The molecule has 5 aliphatic rings. The Bertz CT molecular complexity index is 575. The Morgan fingerprint density at radius 2 is 1.88 bits per heavy atom. The molecule has 0 radical (unpaired) electrons. The Morgan fingerprint density at radius 1 is 1.12 bits per heavy atom. The van der Waals surface area contributed by atoms with Gasteiger partial charge in [-0.2, -0.15) is 0 Å². The van der Waals surface area contributed by atoms with Crippen LogP contribution in [0.25, 0.3) is 0 Å². The third-order valence-electron chi connectivity index (χ3n) is 6.09. The second-order valence-electron chi connectivity index (χ2n) is 7.86. The smallest absolute Gasteiger partial charge is 0.243 e. The average Bonchev–Trinajstić information content (AvgIpc) is 3.21. The number of nitrogens with one attached hydrogen (secondary N) is 2. The lowest BCUT2D eigenvalue weighted by Crippen LogP contribution is -2.65. The summed E-state index contributed by atoms with van der Waals surface area (Å²) in [6.07, 6.45) is 1.18. The summed E-state index contributed by atoms with van der Waals surface area (Å²) in [5.41, 5.74) is 0. The van der Waals surface area contributed by atoms with Crippen LogP contribution in [0.4, 0.5) is 0 Å². The zero-order valence-corrected chi connectivity index (χ0v) is 14.7. The van der Waals surface area contributed by atoms with Crippen molar-refractivity contribution in [1.82, 2.24) is 25.3 Å². The van der Waals surface area contributed by atoms with Gasteiger partial charge in [-0.25, -0.2) is 0 Å². The van der Waals surface area contributed by atoms with Gasteiger partial charge >= 0.3 is 0 Å². The van der Waals surface area contributed by atoms with E-state index in [4.69, 9.17) is 0 Å². The van der Waals surface area contributed by atoms with Crippen molar-refractivity contribution >= 4 is 17.7 Å². The average molecular weight is 349 g/mol. The summed E-state index contributed by atoms with van der Waals surface area (Å²) in [4.78, 5) is 43.2. The maximum absolute atomic E-state index is 12.9. The van der Waals surface area contributed by atoms with E-state index in [1.807, 2.05) is 11.8 Å². The molecule has 25 heavy (non-hydrogen) atoms. The Kier molecular flexibility index (Phi) is 4.41. The summed E-state index contributed by atoms with van der Waals surface area (Å²) in [5, 5.41) is 5.76. The topological polar surface area (TPSA) is 85.0 Å². The predicted molar refractivity (Wildman–Crippen MR) is 90.6 cm³/mol. The molecule has 0 aromatic rings. The standard InChI is InChI=1S/C17H27N5O3/c1-11-8-14(23)19-15(11)16(24)18-12-2-3-22(9-12)17(25)13-10-20-4-6-21(13)7-5-20/h11-13,15H,2-10H2,1H3,(H,18,24)(H,19,23)/t11?,12-,13?,15?/m0/s1. The fourth-order valence-electron chi connectivity index (χ4n) is 4.54. The molecule has 0 aliphatic carbocycles. The highest BCUT2D eigenvalue weighted by atomic mass is 16.2. The molecule has 3 amide bonds. The molecule has 5 saturated heterocycles. The Balaban J connectivity index is 1.30. The number of hydrogen-bond donors (Lipinski definition) is 2. The van der Waals surface area contributed by atoms with Gasteiger partial charge in [0.2, 0.25) is 17.7 Å². The normalized spacial score (nSPS) is 40.2. The van der Waals surface area contributed by atoms with Gasteiger partial charge in [0.15, 0.2) is 0 Å². The molecule has 0 aromatic heterocycles. The van der Waals surface area contributed by atoms with Gasteiger partial charge in [-0.15, -0.1) is 0 Å². The Labute approximate surface area is 147 Å². The van der Waals surface area contributed by atoms with Gasteiger partial charge in [-0.3, -0.25) is 24.2 Å². The highest BCUT2D eigenvalue weighted by Crippen LogP contribution is 2.21. The van der Waals surface area contributed by atoms with Crippen molar-refractivity contribution in [2.45, 2.75) is 37.9 Å². The number of hydrogen-bond acceptors (Lipinski definition) is 5. The number of rotatable bonds is 3. The van der Waals surface area contributed by atoms with Gasteiger partial charge in [0.05, 0.1) is 0 Å². The molecule has 5 heterocycles. The summed E-state index contributed by atoms with van der Waals surface area (Å²) >= 11 is 0. The Morgan fingerprint density at radius 3 is 2.48 bits per heavy atom. The number of fused-ring (bicyclic) bond motifs is 3. The first-order valence-corrected chi connectivity index (χ1v) is 9.36. The highest BCUT2D eigenvalue weighted by Gasteiger charge is 2.41. The van der Waals surface area contributed by atoms with E-state index in [-0.39, 0.29) is 35.7 Å². The number of nitrogens with zero attached hydrogens (tertiary/aromatic N) is 3. The number of carbonyl (C=O) groups excluding carboxylic acids is 3. The van der Waals surface area contributed by atoms with Crippen LogP contribution in [0.1, 0.15) is 19.8 Å². The number of likely N-dealkylation sites (tertiary alicyclic amines) is 1. The van der Waals surface area contributed by atoms with Crippen molar-refractivity contribution in [3.8, 4) is 0 Å². The van der Waals surface area contributed by atoms with Crippen LogP contribution in [0.15, 0.2) is 0 Å². The van der Waals surface area contributed by atoms with Crippen molar-refractivity contribution in [1.29, 1.82) is 0 Å². The molecule has 2 N–H and O–H groups in total. The van der Waals surface area contributed by atoms with Crippen LogP contribution in [-0.4, -0.2) is 96.4 Å². The van der Waals surface area contributed by atoms with Gasteiger partial charge in [0.1, 0.15) is 12.1 Å². The minimum absolute atomic E-state index is 0.0164. The van der Waals surface area contributed by atoms with E-state index in [1.165, 1.54) is 0 Å². The first-order valence-electron chi connectivity index (χ1n) is 9.36. The van der Waals surface area contributed by atoms with Gasteiger partial charge in [0, 0.05) is 58.3 Å². The maximum atomic E-state index is 12.9. The van der Waals surface area contributed by atoms with Crippen molar-refractivity contribution in [3.05, 3.63) is 0 Å². The monoisotopic (exact) mass is 349 g/mol. The fourth-order valence-corrected chi connectivity index (χ4v) is 4.54. The first-order chi connectivity index (χ1) is 12.0. The lowest BCUT2D eigenvalue weighted by atomic mass is 10.0. The molecular weight excluding hydrogens is 322 g/mol. The molecule has 0 spiro atoms. The zero-order chi connectivity index (χ0) is 17.6. The van der Waals surface area contributed by atoms with Crippen molar-refractivity contribution in [3.63, 3.8) is 0 Å². The van der Waals surface area contributed by atoms with Crippen LogP contribution in [0.5, 0.6) is 0 Å². The predicted octanol–water partition coefficient (Wildman–Crippen LogP) is -1.77. The number of piperazine rings is 3. The minimum Gasteiger partial charge on any atom is -0.350 e. The maximum Gasteiger partial charge on any atom is 0.243 e. The summed E-state index contributed by atoms with van der Waals surface area (Å²) in [7, 11) is 0. The number of carbonyl (C=O) groups is 3. The van der Waals surface area contributed by atoms with E-state index in [0.717, 1.165) is 39.1 Å². The second kappa shape index (κ2) is 6.57. The molecule has 138 valence electrons. The number of amides is 3. The van der Waals surface area contributed by atoms with Crippen LogP contribution >= 0.6 is 0 Å². The van der Waals surface area contributed by atoms with E-state index >= 15 is 0 Å². The highest BCUT2D eigenvalue weighted by molar-refractivity contribution is 5.91. The molecule has 0 aromatic carbocycles. The van der Waals surface area contributed by atoms with E-state index in [1.54, 1.807) is 0 Å². The van der Waals surface area contributed by atoms with E-state index in [2.05, 4.69) is 20.4 Å². The summed E-state index contributed by atoms with van der Waals surface area (Å²) in [5.74, 6) is 0.0338. The fraction of sp³-hybridized carbons (Fsp3) is 0.824. The van der Waals surface area contributed by atoms with Gasteiger partial charge in [-0.1, -0.05) is 6.92 Å². The SMILES string of the molecule is CC1CC(=O)NC1C(=O)N[C@H]1CCN(C(=O)C2CN3CCN2CC3)C1. The summed E-state index contributed by atoms with van der Waals surface area (Å²) < 4.78 is 0. The lowest BCUT2D eigenvalue weighted by molar-refractivity contribution is -0.141. The first kappa shape index (κ1) is 16.8. The minimum atomic E-state index is -0.440. The van der Waals surface area contributed by atoms with Crippen LogP contribution in [0.3, 0.4) is 0 Å².